The number of fused-ring (bicyclic) bond motifs is 2. The Morgan fingerprint density at radius 3 is 2.52 bits per heavy atom. The summed E-state index contributed by atoms with van der Waals surface area (Å²) in [4.78, 5) is 26.0. The van der Waals surface area contributed by atoms with E-state index in [0.29, 0.717) is 12.1 Å². The molecule has 0 spiro atoms. The Labute approximate surface area is 156 Å². The summed E-state index contributed by atoms with van der Waals surface area (Å²) in [7, 11) is 1.59. The number of morpholine rings is 1. The minimum absolute atomic E-state index is 0.113. The summed E-state index contributed by atoms with van der Waals surface area (Å²) < 4.78 is 16.8. The van der Waals surface area contributed by atoms with E-state index in [-0.39, 0.29) is 12.5 Å². The molecule has 2 aromatic rings. The van der Waals surface area contributed by atoms with Gasteiger partial charge in [0.2, 0.25) is 5.79 Å². The molecule has 7 heteroatoms. The molecule has 27 heavy (non-hydrogen) atoms. The van der Waals surface area contributed by atoms with Gasteiger partial charge in [-0.25, -0.2) is 4.79 Å². The van der Waals surface area contributed by atoms with Gasteiger partial charge in [-0.3, -0.25) is 4.79 Å². The smallest absolute Gasteiger partial charge is 0.336 e. The molecule has 2 aromatic carbocycles. The highest BCUT2D eigenvalue weighted by Gasteiger charge is 2.60. The first kappa shape index (κ1) is 17.5. The van der Waals surface area contributed by atoms with E-state index in [1.807, 2.05) is 54.6 Å². The Hall–Kier alpha value is -2.90. The Balaban J connectivity index is 1.65. The van der Waals surface area contributed by atoms with Crippen LogP contribution in [-0.2, 0) is 31.4 Å². The van der Waals surface area contributed by atoms with Gasteiger partial charge in [-0.15, -0.1) is 0 Å². The van der Waals surface area contributed by atoms with Crippen LogP contribution >= 0.6 is 0 Å². The molecule has 7 nitrogen and oxygen atoms in total. The third kappa shape index (κ3) is 3.05. The van der Waals surface area contributed by atoms with E-state index in [0.717, 1.165) is 11.3 Å². The minimum Gasteiger partial charge on any atom is -0.497 e. The van der Waals surface area contributed by atoms with Crippen LogP contribution in [0.4, 0.5) is 0 Å². The number of hydrogen-bond acceptors (Lipinski definition) is 5. The van der Waals surface area contributed by atoms with Crippen molar-refractivity contribution in [2.24, 2.45) is 0 Å². The normalized spacial score (nSPS) is 26.9. The number of amides is 1. The molecular weight excluding hydrogens is 350 g/mol. The quantitative estimate of drug-likeness (QED) is 0.864. The van der Waals surface area contributed by atoms with Gasteiger partial charge < -0.3 is 24.2 Å². The molecule has 4 rings (SSSR count). The van der Waals surface area contributed by atoms with Gasteiger partial charge in [0, 0.05) is 12.1 Å². The maximum Gasteiger partial charge on any atom is 0.336 e. The summed E-state index contributed by atoms with van der Waals surface area (Å²) in [5.74, 6) is -2.16. The number of methoxy groups -OCH3 is 1. The van der Waals surface area contributed by atoms with Crippen molar-refractivity contribution in [3.05, 3.63) is 65.7 Å². The Morgan fingerprint density at radius 1 is 1.19 bits per heavy atom. The molecule has 0 saturated carbocycles. The van der Waals surface area contributed by atoms with E-state index in [9.17, 15) is 14.7 Å². The van der Waals surface area contributed by atoms with Gasteiger partial charge in [-0.05, 0) is 17.7 Å². The van der Waals surface area contributed by atoms with E-state index in [4.69, 9.17) is 14.2 Å². The number of ether oxygens (including phenoxy) is 3. The molecule has 0 unspecified atom stereocenters. The van der Waals surface area contributed by atoms with Crippen LogP contribution in [0.2, 0.25) is 0 Å². The number of benzene rings is 2. The van der Waals surface area contributed by atoms with Crippen LogP contribution in [0.3, 0.4) is 0 Å². The lowest BCUT2D eigenvalue weighted by Gasteiger charge is -2.38. The molecule has 2 fully saturated rings. The first-order valence-electron chi connectivity index (χ1n) is 8.58. The van der Waals surface area contributed by atoms with Crippen molar-refractivity contribution in [2.45, 2.75) is 24.5 Å². The van der Waals surface area contributed by atoms with E-state index in [1.54, 1.807) is 12.0 Å². The van der Waals surface area contributed by atoms with Crippen LogP contribution in [0.15, 0.2) is 54.6 Å². The van der Waals surface area contributed by atoms with Gasteiger partial charge in [0.25, 0.3) is 5.91 Å². The number of rotatable bonds is 5. The number of carbonyl (C=O) groups excluding carboxylic acids is 1. The first-order chi connectivity index (χ1) is 13.0. The average molecular weight is 369 g/mol. The summed E-state index contributed by atoms with van der Waals surface area (Å²) in [5, 5.41) is 9.48. The predicted molar refractivity (Wildman–Crippen MR) is 93.9 cm³/mol. The molecule has 2 heterocycles. The zero-order chi connectivity index (χ0) is 19.0. The van der Waals surface area contributed by atoms with Crippen molar-refractivity contribution < 1.29 is 28.9 Å². The van der Waals surface area contributed by atoms with Crippen LogP contribution in [0.5, 0.6) is 5.75 Å². The number of nitrogens with zero attached hydrogens (tertiary/aromatic N) is 1. The number of carboxylic acids is 1. The van der Waals surface area contributed by atoms with Crippen LogP contribution in [0, 0.1) is 0 Å². The van der Waals surface area contributed by atoms with Crippen molar-refractivity contribution in [3.63, 3.8) is 0 Å². The van der Waals surface area contributed by atoms with Crippen LogP contribution < -0.4 is 4.74 Å². The van der Waals surface area contributed by atoms with Crippen molar-refractivity contribution in [1.29, 1.82) is 0 Å². The molecule has 1 amide bonds. The number of hydrogen-bond donors (Lipinski definition) is 1. The van der Waals surface area contributed by atoms with Crippen LogP contribution in [0.25, 0.3) is 0 Å². The van der Waals surface area contributed by atoms with Crippen molar-refractivity contribution in [1.82, 2.24) is 4.90 Å². The topological polar surface area (TPSA) is 85.3 Å². The molecule has 0 aliphatic carbocycles. The zero-order valence-corrected chi connectivity index (χ0v) is 14.7. The summed E-state index contributed by atoms with van der Waals surface area (Å²) in [6.45, 7) is 0.440. The molecule has 0 radical (unpaired) electrons. The van der Waals surface area contributed by atoms with Crippen molar-refractivity contribution in [2.75, 3.05) is 13.7 Å². The highest BCUT2D eigenvalue weighted by Crippen LogP contribution is 2.43. The molecule has 3 atom stereocenters. The zero-order valence-electron chi connectivity index (χ0n) is 14.7. The van der Waals surface area contributed by atoms with E-state index in [1.165, 1.54) is 0 Å². The first-order valence-corrected chi connectivity index (χ1v) is 8.58. The largest absolute Gasteiger partial charge is 0.497 e. The lowest BCUT2D eigenvalue weighted by molar-refractivity contribution is -0.219. The Bertz CT molecular complexity index is 853. The Kier molecular flexibility index (Phi) is 4.33. The fourth-order valence-electron chi connectivity index (χ4n) is 3.51. The third-order valence-corrected chi connectivity index (χ3v) is 4.85. The predicted octanol–water partition coefficient (Wildman–Crippen LogP) is 1.76. The molecule has 2 bridgehead atoms. The van der Waals surface area contributed by atoms with Gasteiger partial charge in [-0.2, -0.15) is 0 Å². The van der Waals surface area contributed by atoms with Gasteiger partial charge >= 0.3 is 5.97 Å². The fourth-order valence-corrected chi connectivity index (χ4v) is 3.51. The van der Waals surface area contributed by atoms with Gasteiger partial charge in [0.15, 0.2) is 12.2 Å². The average Bonchev–Trinajstić information content (AvgIpc) is 3.04. The summed E-state index contributed by atoms with van der Waals surface area (Å²) in [6, 6.07) is 16.5. The second-order valence-electron chi connectivity index (χ2n) is 6.58. The second-order valence-corrected chi connectivity index (χ2v) is 6.58. The van der Waals surface area contributed by atoms with E-state index in [2.05, 4.69) is 0 Å². The summed E-state index contributed by atoms with van der Waals surface area (Å²) in [5.41, 5.74) is 1.59. The number of carbonyl (C=O) groups is 2. The lowest BCUT2D eigenvalue weighted by atomic mass is 10.0. The second kappa shape index (κ2) is 6.68. The van der Waals surface area contributed by atoms with Crippen LogP contribution in [0.1, 0.15) is 11.1 Å². The maximum atomic E-state index is 12.8. The summed E-state index contributed by atoms with van der Waals surface area (Å²) in [6.07, 6.45) is -2.51. The van der Waals surface area contributed by atoms with Gasteiger partial charge in [-0.1, -0.05) is 42.5 Å². The van der Waals surface area contributed by atoms with Crippen molar-refractivity contribution in [3.8, 4) is 5.75 Å². The molecule has 2 aliphatic heterocycles. The number of aliphatic carboxylic acids is 1. The SMILES string of the molecule is COc1ccc(CN2C[C@]3(c4ccccc4)O[C@@H](C(=O)O)[C@@H](O3)C2=O)cc1. The highest BCUT2D eigenvalue weighted by molar-refractivity contribution is 5.89. The van der Waals surface area contributed by atoms with Gasteiger partial charge in [0.05, 0.1) is 13.7 Å². The molecule has 2 saturated heterocycles. The Morgan fingerprint density at radius 2 is 1.89 bits per heavy atom. The molecule has 140 valence electrons. The summed E-state index contributed by atoms with van der Waals surface area (Å²) >= 11 is 0. The van der Waals surface area contributed by atoms with Gasteiger partial charge in [0.1, 0.15) is 5.75 Å². The van der Waals surface area contributed by atoms with E-state index < -0.39 is 24.0 Å². The number of carboxylic acid groups (broad SMARTS) is 1. The minimum atomic E-state index is -1.33. The lowest BCUT2D eigenvalue weighted by Crippen LogP contribution is -2.53. The molecule has 1 N–H and O–H groups in total. The highest BCUT2D eigenvalue weighted by atomic mass is 16.8. The maximum absolute atomic E-state index is 12.8. The third-order valence-electron chi connectivity index (χ3n) is 4.85. The monoisotopic (exact) mass is 369 g/mol. The van der Waals surface area contributed by atoms with E-state index >= 15 is 0 Å². The molecular formula is C20H19NO6. The van der Waals surface area contributed by atoms with Crippen LogP contribution in [-0.4, -0.2) is 47.7 Å². The van der Waals surface area contributed by atoms with Crippen molar-refractivity contribution >= 4 is 11.9 Å². The fraction of sp³-hybridized carbons (Fsp3) is 0.300. The molecule has 2 aliphatic rings. The molecule has 0 aromatic heterocycles. The standard InChI is InChI=1S/C20H19NO6/c1-25-15-9-7-13(8-10-15)11-21-12-20(14-5-3-2-4-6-14)26-16(18(21)22)17(27-20)19(23)24/h2-10,16-17H,11-12H2,1H3,(H,23,24)/t16-,17-,20-/m1/s1.